The summed E-state index contributed by atoms with van der Waals surface area (Å²) in [6, 6.07) is 2.53. The third kappa shape index (κ3) is 8.74. The van der Waals surface area contributed by atoms with E-state index in [-0.39, 0.29) is 5.92 Å². The van der Waals surface area contributed by atoms with Crippen molar-refractivity contribution in [1.82, 2.24) is 5.32 Å². The molecule has 0 aromatic carbocycles. The van der Waals surface area contributed by atoms with E-state index in [1.54, 1.807) is 0 Å². The molecule has 0 radical (unpaired) electrons. The standard InChI is InChI=1S/C10H17NO2/c1-8(2)6-7-11-9(12)13-10(3,4)5/h8H,1-5H3,(H,11,12). The summed E-state index contributed by atoms with van der Waals surface area (Å²) in [5.41, 5.74) is -0.469. The van der Waals surface area contributed by atoms with Crippen LogP contribution in [0.15, 0.2) is 0 Å². The van der Waals surface area contributed by atoms with Crippen LogP contribution >= 0.6 is 0 Å². The van der Waals surface area contributed by atoms with E-state index in [0.717, 1.165) is 0 Å². The molecule has 0 aliphatic heterocycles. The smallest absolute Gasteiger partial charge is 0.419 e. The van der Waals surface area contributed by atoms with Gasteiger partial charge in [0.2, 0.25) is 0 Å². The minimum Gasteiger partial charge on any atom is -0.443 e. The molecule has 0 aliphatic carbocycles. The summed E-state index contributed by atoms with van der Waals surface area (Å²) in [7, 11) is 0. The number of hydrogen-bond donors (Lipinski definition) is 1. The lowest BCUT2D eigenvalue weighted by Gasteiger charge is -2.18. The molecule has 74 valence electrons. The second-order valence-electron chi connectivity index (χ2n) is 4.05. The Kier molecular flexibility index (Phi) is 4.33. The van der Waals surface area contributed by atoms with Gasteiger partial charge in [0.05, 0.1) is 0 Å². The van der Waals surface area contributed by atoms with Gasteiger partial charge in [-0.05, 0) is 20.8 Å². The Bertz CT molecular complexity index is 228. The topological polar surface area (TPSA) is 38.3 Å². The van der Waals surface area contributed by atoms with Crippen LogP contribution in [0.1, 0.15) is 34.6 Å². The Morgan fingerprint density at radius 3 is 2.31 bits per heavy atom. The van der Waals surface area contributed by atoms with Crippen LogP contribution in [-0.4, -0.2) is 11.7 Å². The molecule has 0 aromatic heterocycles. The van der Waals surface area contributed by atoms with Crippen LogP contribution in [0, 0.1) is 17.9 Å². The van der Waals surface area contributed by atoms with Gasteiger partial charge in [-0.1, -0.05) is 19.8 Å². The summed E-state index contributed by atoms with van der Waals surface area (Å²) in [6.07, 6.45) is -0.499. The van der Waals surface area contributed by atoms with Gasteiger partial charge in [-0.3, -0.25) is 0 Å². The normalized spacial score (nSPS) is 10.3. The second-order valence-corrected chi connectivity index (χ2v) is 4.05. The summed E-state index contributed by atoms with van der Waals surface area (Å²) in [5, 5.41) is 2.35. The van der Waals surface area contributed by atoms with Crippen molar-refractivity contribution >= 4 is 6.09 Å². The quantitative estimate of drug-likeness (QED) is 0.461. The first-order chi connectivity index (χ1) is 5.81. The molecule has 0 spiro atoms. The first kappa shape index (κ1) is 11.8. The molecule has 3 heteroatoms. The number of carbonyl (C=O) groups is 1. The number of ether oxygens (including phenoxy) is 1. The Morgan fingerprint density at radius 1 is 1.38 bits per heavy atom. The lowest BCUT2D eigenvalue weighted by Crippen LogP contribution is -2.30. The third-order valence-electron chi connectivity index (χ3n) is 0.924. The highest BCUT2D eigenvalue weighted by Crippen LogP contribution is 2.05. The Balaban J connectivity index is 3.86. The first-order valence-electron chi connectivity index (χ1n) is 4.31. The number of amides is 1. The van der Waals surface area contributed by atoms with Crippen molar-refractivity contribution in [3.63, 3.8) is 0 Å². The largest absolute Gasteiger partial charge is 0.443 e. The number of nitrogens with one attached hydrogen (secondary N) is 1. The fraction of sp³-hybridized carbons (Fsp3) is 0.700. The van der Waals surface area contributed by atoms with Crippen LogP contribution in [0.5, 0.6) is 0 Å². The van der Waals surface area contributed by atoms with Crippen molar-refractivity contribution < 1.29 is 9.53 Å². The summed E-state index contributed by atoms with van der Waals surface area (Å²) in [6.45, 7) is 9.32. The van der Waals surface area contributed by atoms with Crippen LogP contribution in [0.4, 0.5) is 4.79 Å². The number of hydrogen-bond acceptors (Lipinski definition) is 2. The van der Waals surface area contributed by atoms with Gasteiger partial charge < -0.3 is 4.74 Å². The third-order valence-corrected chi connectivity index (χ3v) is 0.924. The van der Waals surface area contributed by atoms with Crippen molar-refractivity contribution in [1.29, 1.82) is 0 Å². The Labute approximate surface area is 79.8 Å². The van der Waals surface area contributed by atoms with Crippen molar-refractivity contribution in [2.75, 3.05) is 0 Å². The van der Waals surface area contributed by atoms with Crippen LogP contribution < -0.4 is 5.32 Å². The van der Waals surface area contributed by atoms with Crippen molar-refractivity contribution in [2.24, 2.45) is 5.92 Å². The van der Waals surface area contributed by atoms with E-state index in [2.05, 4.69) is 17.3 Å². The van der Waals surface area contributed by atoms with Gasteiger partial charge in [0.25, 0.3) is 0 Å². The average Bonchev–Trinajstić information content (AvgIpc) is 1.81. The molecule has 13 heavy (non-hydrogen) atoms. The zero-order chi connectivity index (χ0) is 10.5. The first-order valence-corrected chi connectivity index (χ1v) is 4.31. The number of alkyl carbamates (subject to hydrolysis) is 1. The van der Waals surface area contributed by atoms with Gasteiger partial charge in [-0.25, -0.2) is 10.1 Å². The molecule has 0 fully saturated rings. The molecule has 1 N–H and O–H groups in total. The van der Waals surface area contributed by atoms with E-state index in [1.165, 1.54) is 0 Å². The molecule has 0 heterocycles. The maximum atomic E-state index is 11.0. The van der Waals surface area contributed by atoms with Gasteiger partial charge in [-0.2, -0.15) is 0 Å². The summed E-state index contributed by atoms with van der Waals surface area (Å²) in [4.78, 5) is 11.0. The van der Waals surface area contributed by atoms with Crippen molar-refractivity contribution in [2.45, 2.75) is 40.2 Å². The van der Waals surface area contributed by atoms with E-state index in [0.29, 0.717) is 0 Å². The van der Waals surface area contributed by atoms with Crippen LogP contribution in [0.2, 0.25) is 0 Å². The predicted molar refractivity (Wildman–Crippen MR) is 52.0 cm³/mol. The van der Waals surface area contributed by atoms with E-state index in [4.69, 9.17) is 4.74 Å². The molecule has 0 unspecified atom stereocenters. The van der Waals surface area contributed by atoms with Gasteiger partial charge in [0.15, 0.2) is 0 Å². The van der Waals surface area contributed by atoms with Crippen molar-refractivity contribution in [3.8, 4) is 12.0 Å². The molecule has 0 saturated heterocycles. The maximum absolute atomic E-state index is 11.0. The van der Waals surface area contributed by atoms with E-state index in [9.17, 15) is 4.79 Å². The molecule has 1 amide bonds. The predicted octanol–water partition coefficient (Wildman–Crippen LogP) is 2.13. The van der Waals surface area contributed by atoms with Gasteiger partial charge in [0.1, 0.15) is 5.60 Å². The Morgan fingerprint density at radius 2 is 1.92 bits per heavy atom. The SMILES string of the molecule is CC(C)C#CNC(=O)OC(C)(C)C. The second kappa shape index (κ2) is 4.76. The van der Waals surface area contributed by atoms with Crippen LogP contribution in [0.3, 0.4) is 0 Å². The average molecular weight is 183 g/mol. The molecule has 0 atom stereocenters. The van der Waals surface area contributed by atoms with E-state index in [1.807, 2.05) is 34.6 Å². The lowest BCUT2D eigenvalue weighted by molar-refractivity contribution is 0.0557. The summed E-state index contributed by atoms with van der Waals surface area (Å²) >= 11 is 0. The highest BCUT2D eigenvalue weighted by atomic mass is 16.6. The molecular formula is C10H17NO2. The highest BCUT2D eigenvalue weighted by Gasteiger charge is 2.14. The van der Waals surface area contributed by atoms with Crippen LogP contribution in [0.25, 0.3) is 0 Å². The minimum atomic E-state index is -0.499. The lowest BCUT2D eigenvalue weighted by atomic mass is 10.2. The molecule has 3 nitrogen and oxygen atoms in total. The zero-order valence-corrected chi connectivity index (χ0v) is 8.89. The number of rotatable bonds is 0. The molecule has 0 aromatic rings. The minimum absolute atomic E-state index is 0.245. The Hall–Kier alpha value is -1.17. The maximum Gasteiger partial charge on any atom is 0.419 e. The molecule has 0 bridgehead atoms. The fourth-order valence-electron chi connectivity index (χ4n) is 0.535. The summed E-state index contributed by atoms with van der Waals surface area (Å²) in [5.74, 6) is 3.05. The fourth-order valence-corrected chi connectivity index (χ4v) is 0.535. The van der Waals surface area contributed by atoms with Gasteiger partial charge in [-0.15, -0.1) is 0 Å². The highest BCUT2D eigenvalue weighted by molar-refractivity contribution is 5.69. The van der Waals surface area contributed by atoms with E-state index < -0.39 is 11.7 Å². The molecule has 0 rings (SSSR count). The zero-order valence-electron chi connectivity index (χ0n) is 8.89. The van der Waals surface area contributed by atoms with Gasteiger partial charge in [0, 0.05) is 12.0 Å². The summed E-state index contributed by atoms with van der Waals surface area (Å²) < 4.78 is 4.97. The van der Waals surface area contributed by atoms with Crippen molar-refractivity contribution in [3.05, 3.63) is 0 Å². The molecular weight excluding hydrogens is 166 g/mol. The van der Waals surface area contributed by atoms with Gasteiger partial charge >= 0.3 is 6.09 Å². The number of carbonyl (C=O) groups excluding carboxylic acids is 1. The molecule has 0 aliphatic rings. The molecule has 0 saturated carbocycles. The van der Waals surface area contributed by atoms with E-state index >= 15 is 0 Å². The monoisotopic (exact) mass is 183 g/mol. The van der Waals surface area contributed by atoms with Crippen LogP contribution in [-0.2, 0) is 4.74 Å².